The molecule has 0 fully saturated rings. The first-order chi connectivity index (χ1) is 3.80. The Labute approximate surface area is 51.7 Å². The van der Waals surface area contributed by atoms with Gasteiger partial charge in [-0.25, -0.2) is 0 Å². The Balaban J connectivity index is 2.93. The van der Waals surface area contributed by atoms with Crippen LogP contribution in [0.25, 0.3) is 0 Å². The molecule has 4 heteroatoms. The molecule has 1 heterocycles. The van der Waals surface area contributed by atoms with E-state index in [0.29, 0.717) is 4.62 Å². The average molecular weight is 148 g/mol. The molecule has 0 bridgehead atoms. The van der Waals surface area contributed by atoms with Gasteiger partial charge in [-0.3, -0.25) is 4.57 Å². The third-order valence-corrected chi connectivity index (χ3v) is 2.88. The highest BCUT2D eigenvalue weighted by molar-refractivity contribution is 7.56. The van der Waals surface area contributed by atoms with E-state index in [1.165, 1.54) is 11.3 Å². The number of hydrogen-bond acceptors (Lipinski definition) is 2. The minimum absolute atomic E-state index is 0.579. The summed E-state index contributed by atoms with van der Waals surface area (Å²) in [5.41, 5.74) is 0. The smallest absolute Gasteiger partial charge is 0.227 e. The van der Waals surface area contributed by atoms with E-state index >= 15 is 0 Å². The molecule has 0 aliphatic rings. The highest BCUT2D eigenvalue weighted by Gasteiger charge is 1.95. The van der Waals surface area contributed by atoms with Gasteiger partial charge in [0.1, 0.15) is 0 Å². The van der Waals surface area contributed by atoms with E-state index in [1.54, 1.807) is 17.5 Å². The molecular formula is C4H5O2PS. The highest BCUT2D eigenvalue weighted by atomic mass is 32.1. The Morgan fingerprint density at radius 3 is 2.75 bits per heavy atom. The molecule has 1 atom stereocenters. The van der Waals surface area contributed by atoms with Crippen LogP contribution in [-0.4, -0.2) is 4.89 Å². The average Bonchev–Trinajstić information content (AvgIpc) is 2.12. The number of rotatable bonds is 1. The monoisotopic (exact) mass is 148 g/mol. The van der Waals surface area contributed by atoms with Crippen LogP contribution in [0.3, 0.4) is 0 Å². The second-order valence-electron chi connectivity index (χ2n) is 1.28. The summed E-state index contributed by atoms with van der Waals surface area (Å²) in [4.78, 5) is 8.47. The molecule has 1 rings (SSSR count). The highest BCUT2D eigenvalue weighted by Crippen LogP contribution is 2.15. The predicted molar refractivity (Wildman–Crippen MR) is 35.2 cm³/mol. The van der Waals surface area contributed by atoms with Gasteiger partial charge in [0.05, 0.1) is 4.62 Å². The Bertz CT molecular complexity index is 182. The predicted octanol–water partition coefficient (Wildman–Crippen LogP) is 0.840. The van der Waals surface area contributed by atoms with Gasteiger partial charge in [0.2, 0.25) is 8.03 Å². The minimum atomic E-state index is -2.40. The van der Waals surface area contributed by atoms with Crippen LogP contribution < -0.4 is 4.62 Å². The number of hydrogen-bond donors (Lipinski definition) is 1. The van der Waals surface area contributed by atoms with Crippen LogP contribution in [-0.2, 0) is 4.57 Å². The fourth-order valence-electron chi connectivity index (χ4n) is 0.400. The van der Waals surface area contributed by atoms with E-state index in [4.69, 9.17) is 4.89 Å². The molecule has 0 aliphatic carbocycles. The fraction of sp³-hybridized carbons (Fsp3) is 0. The summed E-state index contributed by atoms with van der Waals surface area (Å²) in [6.45, 7) is 0. The van der Waals surface area contributed by atoms with Crippen molar-refractivity contribution in [2.24, 2.45) is 0 Å². The first kappa shape index (κ1) is 6.02. The number of thiophene rings is 1. The molecule has 8 heavy (non-hydrogen) atoms. The van der Waals surface area contributed by atoms with Crippen molar-refractivity contribution in [1.82, 2.24) is 0 Å². The lowest BCUT2D eigenvalue weighted by atomic mass is 10.7. The van der Waals surface area contributed by atoms with Gasteiger partial charge in [-0.2, -0.15) is 0 Å². The van der Waals surface area contributed by atoms with E-state index in [-0.39, 0.29) is 0 Å². The van der Waals surface area contributed by atoms with Gasteiger partial charge in [-0.1, -0.05) is 6.07 Å². The fourth-order valence-corrected chi connectivity index (χ4v) is 1.71. The summed E-state index contributed by atoms with van der Waals surface area (Å²) in [7, 11) is -2.40. The lowest BCUT2D eigenvalue weighted by Crippen LogP contribution is -1.81. The van der Waals surface area contributed by atoms with Crippen LogP contribution >= 0.6 is 19.4 Å². The van der Waals surface area contributed by atoms with Gasteiger partial charge >= 0.3 is 0 Å². The van der Waals surface area contributed by atoms with Crippen molar-refractivity contribution in [3.8, 4) is 0 Å². The Morgan fingerprint density at radius 2 is 2.50 bits per heavy atom. The Morgan fingerprint density at radius 1 is 1.75 bits per heavy atom. The van der Waals surface area contributed by atoms with Gasteiger partial charge in [0.15, 0.2) is 0 Å². The van der Waals surface area contributed by atoms with Gasteiger partial charge in [0.25, 0.3) is 0 Å². The van der Waals surface area contributed by atoms with Crippen LogP contribution in [0.1, 0.15) is 0 Å². The molecular weight excluding hydrogens is 143 g/mol. The topological polar surface area (TPSA) is 37.3 Å². The van der Waals surface area contributed by atoms with Crippen LogP contribution in [0.5, 0.6) is 0 Å². The molecule has 1 aromatic heterocycles. The van der Waals surface area contributed by atoms with Crippen LogP contribution in [0.15, 0.2) is 17.5 Å². The van der Waals surface area contributed by atoms with Crippen molar-refractivity contribution >= 4 is 24.0 Å². The summed E-state index contributed by atoms with van der Waals surface area (Å²) in [6.07, 6.45) is 0. The summed E-state index contributed by atoms with van der Waals surface area (Å²) in [5.74, 6) is 0. The Hall–Kier alpha value is -0.110. The maximum absolute atomic E-state index is 10.3. The van der Waals surface area contributed by atoms with Gasteiger partial charge < -0.3 is 4.89 Å². The zero-order chi connectivity index (χ0) is 5.98. The minimum Gasteiger partial charge on any atom is -0.343 e. The molecule has 0 saturated carbocycles. The summed E-state index contributed by atoms with van der Waals surface area (Å²) < 4.78 is 10.8. The molecule has 0 aliphatic heterocycles. The van der Waals surface area contributed by atoms with Crippen LogP contribution in [0, 0.1) is 0 Å². The third-order valence-electron chi connectivity index (χ3n) is 0.732. The van der Waals surface area contributed by atoms with Gasteiger partial charge in [-0.15, -0.1) is 11.3 Å². The Kier molecular flexibility index (Phi) is 1.84. The first-order valence-electron chi connectivity index (χ1n) is 2.07. The SMILES string of the molecule is O=[PH](O)c1cccs1. The van der Waals surface area contributed by atoms with Crippen molar-refractivity contribution in [2.75, 3.05) is 0 Å². The van der Waals surface area contributed by atoms with E-state index in [0.717, 1.165) is 0 Å². The molecule has 0 aromatic carbocycles. The summed E-state index contributed by atoms with van der Waals surface area (Å²) in [5, 5.41) is 1.79. The molecule has 1 aromatic rings. The normalized spacial score (nSPS) is 13.6. The largest absolute Gasteiger partial charge is 0.343 e. The summed E-state index contributed by atoms with van der Waals surface area (Å²) >= 11 is 1.31. The molecule has 2 nitrogen and oxygen atoms in total. The molecule has 1 unspecified atom stereocenters. The van der Waals surface area contributed by atoms with Crippen molar-refractivity contribution in [2.45, 2.75) is 0 Å². The molecule has 1 N–H and O–H groups in total. The van der Waals surface area contributed by atoms with Crippen molar-refractivity contribution < 1.29 is 9.46 Å². The van der Waals surface area contributed by atoms with Crippen LogP contribution in [0.4, 0.5) is 0 Å². The van der Waals surface area contributed by atoms with Crippen molar-refractivity contribution in [1.29, 1.82) is 0 Å². The molecule has 0 amide bonds. The first-order valence-corrected chi connectivity index (χ1v) is 4.31. The zero-order valence-corrected chi connectivity index (χ0v) is 5.81. The molecule has 0 saturated heterocycles. The van der Waals surface area contributed by atoms with E-state index in [2.05, 4.69) is 0 Å². The maximum atomic E-state index is 10.3. The lowest BCUT2D eigenvalue weighted by molar-refractivity contribution is 0.514. The van der Waals surface area contributed by atoms with Crippen molar-refractivity contribution in [3.63, 3.8) is 0 Å². The zero-order valence-electron chi connectivity index (χ0n) is 4.00. The maximum Gasteiger partial charge on any atom is 0.227 e. The van der Waals surface area contributed by atoms with Gasteiger partial charge in [-0.05, 0) is 11.4 Å². The molecule has 44 valence electrons. The summed E-state index contributed by atoms with van der Waals surface area (Å²) in [6, 6.07) is 3.42. The van der Waals surface area contributed by atoms with E-state index in [9.17, 15) is 4.57 Å². The quantitative estimate of drug-likeness (QED) is 0.599. The van der Waals surface area contributed by atoms with Crippen molar-refractivity contribution in [3.05, 3.63) is 17.5 Å². The third kappa shape index (κ3) is 1.19. The van der Waals surface area contributed by atoms with E-state index < -0.39 is 8.03 Å². The van der Waals surface area contributed by atoms with Gasteiger partial charge in [0, 0.05) is 0 Å². The van der Waals surface area contributed by atoms with E-state index in [1.807, 2.05) is 0 Å². The second kappa shape index (κ2) is 2.44. The molecule has 0 radical (unpaired) electrons. The lowest BCUT2D eigenvalue weighted by Gasteiger charge is -1.81. The standard InChI is InChI=1S/C4H5O2PS/c5-7(6)4-2-1-3-8-4/h1-3,7H,(H,5,6). The molecule has 0 spiro atoms. The van der Waals surface area contributed by atoms with Crippen LogP contribution in [0.2, 0.25) is 0 Å². The second-order valence-corrected chi connectivity index (χ2v) is 3.74.